The molecule has 3 aromatic heterocycles. The lowest BCUT2D eigenvalue weighted by molar-refractivity contribution is 0.0923. The Balaban J connectivity index is 1.85. The fourth-order valence-corrected chi connectivity index (χ4v) is 3.13. The Morgan fingerprint density at radius 2 is 2.27 bits per heavy atom. The molecule has 0 aliphatic heterocycles. The predicted molar refractivity (Wildman–Crippen MR) is 85.0 cm³/mol. The number of amides is 1. The van der Waals surface area contributed by atoms with Crippen LogP contribution in [-0.2, 0) is 0 Å². The van der Waals surface area contributed by atoms with Crippen LogP contribution in [0, 0.1) is 6.92 Å². The quantitative estimate of drug-likeness (QED) is 0.786. The van der Waals surface area contributed by atoms with E-state index in [1.807, 2.05) is 30.5 Å². The molecule has 0 fully saturated rings. The van der Waals surface area contributed by atoms with Crippen molar-refractivity contribution in [3.8, 4) is 0 Å². The Kier molecular flexibility index (Phi) is 4.15. The van der Waals surface area contributed by atoms with E-state index in [0.717, 1.165) is 23.4 Å². The van der Waals surface area contributed by atoms with Crippen LogP contribution in [0.2, 0.25) is 0 Å². The Hall–Kier alpha value is -2.28. The Bertz CT molecular complexity index is 780. The lowest BCUT2D eigenvalue weighted by atomic mass is 10.1. The van der Waals surface area contributed by atoms with Gasteiger partial charge in [0.25, 0.3) is 11.7 Å². The maximum absolute atomic E-state index is 12.5. The summed E-state index contributed by atoms with van der Waals surface area (Å²) < 4.78 is 1.61. The number of aryl methyl sites for hydroxylation is 1. The summed E-state index contributed by atoms with van der Waals surface area (Å²) in [5.74, 6) is 0.471. The molecule has 0 radical (unpaired) electrons. The summed E-state index contributed by atoms with van der Waals surface area (Å²) in [5, 5.41) is 13.0. The second-order valence-electron chi connectivity index (χ2n) is 5.09. The van der Waals surface area contributed by atoms with Crippen molar-refractivity contribution in [1.82, 2.24) is 24.9 Å². The van der Waals surface area contributed by atoms with Crippen LogP contribution in [-0.4, -0.2) is 25.5 Å². The molecule has 3 aromatic rings. The molecular formula is C15H17N5OS. The molecule has 0 aliphatic rings. The normalized spacial score (nSPS) is 12.5. The highest BCUT2D eigenvalue weighted by atomic mass is 32.1. The van der Waals surface area contributed by atoms with Gasteiger partial charge in [0.15, 0.2) is 0 Å². The molecule has 114 valence electrons. The van der Waals surface area contributed by atoms with Crippen LogP contribution in [0.5, 0.6) is 0 Å². The first-order valence-electron chi connectivity index (χ1n) is 7.21. The second kappa shape index (κ2) is 6.23. The summed E-state index contributed by atoms with van der Waals surface area (Å²) in [6, 6.07) is 5.87. The van der Waals surface area contributed by atoms with Crippen LogP contribution >= 0.6 is 11.3 Å². The fraction of sp³-hybridized carbons (Fsp3) is 0.333. The number of carbonyl (C=O) groups excluding carboxylic acids is 1. The average molecular weight is 315 g/mol. The molecule has 0 spiro atoms. The molecule has 3 heterocycles. The predicted octanol–water partition coefficient (Wildman–Crippen LogP) is 2.77. The van der Waals surface area contributed by atoms with E-state index in [9.17, 15) is 4.79 Å². The highest BCUT2D eigenvalue weighted by Crippen LogP contribution is 2.23. The third-order valence-electron chi connectivity index (χ3n) is 3.39. The van der Waals surface area contributed by atoms with Crippen LogP contribution in [0.3, 0.4) is 0 Å². The van der Waals surface area contributed by atoms with Gasteiger partial charge in [-0.3, -0.25) is 9.20 Å². The molecule has 0 aliphatic carbocycles. The van der Waals surface area contributed by atoms with Gasteiger partial charge >= 0.3 is 0 Å². The van der Waals surface area contributed by atoms with Crippen molar-refractivity contribution in [2.75, 3.05) is 0 Å². The summed E-state index contributed by atoms with van der Waals surface area (Å²) in [6.07, 6.45) is 3.65. The number of thiophene rings is 1. The third kappa shape index (κ3) is 2.85. The van der Waals surface area contributed by atoms with E-state index in [1.54, 1.807) is 21.9 Å². The first kappa shape index (κ1) is 14.6. The van der Waals surface area contributed by atoms with E-state index < -0.39 is 0 Å². The van der Waals surface area contributed by atoms with Crippen molar-refractivity contribution in [1.29, 1.82) is 0 Å². The largest absolute Gasteiger partial charge is 0.342 e. The minimum atomic E-state index is -0.231. The van der Waals surface area contributed by atoms with Gasteiger partial charge in [-0.05, 0) is 30.9 Å². The van der Waals surface area contributed by atoms with E-state index in [2.05, 4.69) is 27.4 Å². The van der Waals surface area contributed by atoms with Gasteiger partial charge in [-0.1, -0.05) is 19.4 Å². The van der Waals surface area contributed by atoms with Crippen LogP contribution < -0.4 is 5.32 Å². The molecule has 7 heteroatoms. The SMILES string of the molecule is CCCC(NC(=O)c1nnc2nc(C)ccn12)c1cccs1. The van der Waals surface area contributed by atoms with Crippen LogP contribution in [0.1, 0.15) is 47.0 Å². The minimum Gasteiger partial charge on any atom is -0.342 e. The van der Waals surface area contributed by atoms with E-state index >= 15 is 0 Å². The second-order valence-corrected chi connectivity index (χ2v) is 6.07. The van der Waals surface area contributed by atoms with Crippen molar-refractivity contribution in [2.45, 2.75) is 32.7 Å². The summed E-state index contributed by atoms with van der Waals surface area (Å²) in [5.41, 5.74) is 0.842. The van der Waals surface area contributed by atoms with Crippen LogP contribution in [0.25, 0.3) is 5.78 Å². The van der Waals surface area contributed by atoms with Gasteiger partial charge in [0.1, 0.15) is 0 Å². The summed E-state index contributed by atoms with van der Waals surface area (Å²) in [4.78, 5) is 17.9. The monoisotopic (exact) mass is 315 g/mol. The van der Waals surface area contributed by atoms with Crippen molar-refractivity contribution >= 4 is 23.0 Å². The van der Waals surface area contributed by atoms with E-state index in [-0.39, 0.29) is 17.8 Å². The maximum Gasteiger partial charge on any atom is 0.290 e. The smallest absolute Gasteiger partial charge is 0.290 e. The van der Waals surface area contributed by atoms with Gasteiger partial charge in [0, 0.05) is 16.8 Å². The van der Waals surface area contributed by atoms with E-state index in [4.69, 9.17) is 0 Å². The maximum atomic E-state index is 12.5. The zero-order chi connectivity index (χ0) is 15.5. The number of hydrogen-bond donors (Lipinski definition) is 1. The standard InChI is InChI=1S/C15H17N5OS/c1-3-5-11(12-6-4-9-22-12)17-14(21)13-18-19-15-16-10(2)7-8-20(13)15/h4,6-9,11H,3,5H2,1-2H3,(H,17,21). The highest BCUT2D eigenvalue weighted by Gasteiger charge is 2.20. The number of rotatable bonds is 5. The molecule has 3 rings (SSSR count). The molecule has 0 bridgehead atoms. The first-order chi connectivity index (χ1) is 10.7. The summed E-state index contributed by atoms with van der Waals surface area (Å²) in [7, 11) is 0. The zero-order valence-electron chi connectivity index (χ0n) is 12.5. The highest BCUT2D eigenvalue weighted by molar-refractivity contribution is 7.10. The van der Waals surface area contributed by atoms with Gasteiger partial charge in [0.2, 0.25) is 5.82 Å². The average Bonchev–Trinajstić information content (AvgIpc) is 3.15. The van der Waals surface area contributed by atoms with Crippen molar-refractivity contribution in [3.63, 3.8) is 0 Å². The third-order valence-corrected chi connectivity index (χ3v) is 4.38. The summed E-state index contributed by atoms with van der Waals surface area (Å²) >= 11 is 1.65. The molecule has 1 atom stereocenters. The molecule has 1 N–H and O–H groups in total. The zero-order valence-corrected chi connectivity index (χ0v) is 13.3. The molecule has 6 nitrogen and oxygen atoms in total. The number of fused-ring (bicyclic) bond motifs is 1. The van der Waals surface area contributed by atoms with E-state index in [1.165, 1.54) is 0 Å². The number of carbonyl (C=O) groups is 1. The number of hydrogen-bond acceptors (Lipinski definition) is 5. The van der Waals surface area contributed by atoms with Gasteiger partial charge < -0.3 is 5.32 Å². The number of aromatic nitrogens is 4. The molecule has 22 heavy (non-hydrogen) atoms. The Morgan fingerprint density at radius 1 is 1.41 bits per heavy atom. The van der Waals surface area contributed by atoms with Crippen molar-refractivity contribution < 1.29 is 4.79 Å². The summed E-state index contributed by atoms with van der Waals surface area (Å²) in [6.45, 7) is 3.98. The van der Waals surface area contributed by atoms with Gasteiger partial charge in [-0.15, -0.1) is 21.5 Å². The lowest BCUT2D eigenvalue weighted by Gasteiger charge is -2.15. The number of nitrogens with one attached hydrogen (secondary N) is 1. The van der Waals surface area contributed by atoms with Crippen molar-refractivity contribution in [2.24, 2.45) is 0 Å². The molecule has 0 saturated heterocycles. The molecule has 1 amide bonds. The van der Waals surface area contributed by atoms with E-state index in [0.29, 0.717) is 5.78 Å². The molecular weight excluding hydrogens is 298 g/mol. The van der Waals surface area contributed by atoms with Crippen molar-refractivity contribution in [3.05, 3.63) is 46.2 Å². The first-order valence-corrected chi connectivity index (χ1v) is 8.09. The van der Waals surface area contributed by atoms with Gasteiger partial charge in [0.05, 0.1) is 6.04 Å². The molecule has 0 saturated carbocycles. The van der Waals surface area contributed by atoms with Crippen LogP contribution in [0.15, 0.2) is 29.8 Å². The lowest BCUT2D eigenvalue weighted by Crippen LogP contribution is -2.29. The fourth-order valence-electron chi connectivity index (χ4n) is 2.32. The van der Waals surface area contributed by atoms with Gasteiger partial charge in [-0.25, -0.2) is 4.98 Å². The Labute approximate surface area is 132 Å². The molecule has 1 unspecified atom stereocenters. The topological polar surface area (TPSA) is 72.2 Å². The van der Waals surface area contributed by atoms with Crippen LogP contribution in [0.4, 0.5) is 0 Å². The Morgan fingerprint density at radius 3 is 3.00 bits per heavy atom. The van der Waals surface area contributed by atoms with Gasteiger partial charge in [-0.2, -0.15) is 0 Å². The molecule has 0 aromatic carbocycles. The minimum absolute atomic E-state index is 0.00302. The number of nitrogens with zero attached hydrogens (tertiary/aromatic N) is 4.